The van der Waals surface area contributed by atoms with Crippen LogP contribution in [0.25, 0.3) is 22.0 Å². The van der Waals surface area contributed by atoms with Crippen molar-refractivity contribution in [3.05, 3.63) is 54.5 Å². The third-order valence-electron chi connectivity index (χ3n) is 3.40. The molecule has 0 spiro atoms. The molecular formula is C17H16N2O2. The molecule has 0 unspecified atom stereocenters. The Labute approximate surface area is 123 Å². The third kappa shape index (κ3) is 2.58. The molecule has 2 aromatic carbocycles. The summed E-state index contributed by atoms with van der Waals surface area (Å²) in [4.78, 5) is 8.60. The van der Waals surface area contributed by atoms with Crippen molar-refractivity contribution >= 4 is 10.8 Å². The van der Waals surface area contributed by atoms with Gasteiger partial charge in [-0.3, -0.25) is 0 Å². The molecule has 106 valence electrons. The minimum atomic E-state index is 0.476. The molecule has 0 N–H and O–H groups in total. The summed E-state index contributed by atoms with van der Waals surface area (Å²) in [5, 5.41) is 2.18. The maximum Gasteiger partial charge on any atom is 0.126 e. The number of rotatable bonds is 4. The molecule has 0 aliphatic carbocycles. The Kier molecular flexibility index (Phi) is 3.79. The van der Waals surface area contributed by atoms with Crippen molar-refractivity contribution in [3.8, 4) is 17.0 Å². The molecule has 0 radical (unpaired) electrons. The molecule has 0 fully saturated rings. The van der Waals surface area contributed by atoms with Crippen LogP contribution in [0.4, 0.5) is 0 Å². The van der Waals surface area contributed by atoms with Gasteiger partial charge in [-0.2, -0.15) is 0 Å². The van der Waals surface area contributed by atoms with Crippen LogP contribution in [0, 0.1) is 0 Å². The van der Waals surface area contributed by atoms with Gasteiger partial charge in [0.15, 0.2) is 0 Å². The number of ether oxygens (including phenoxy) is 2. The summed E-state index contributed by atoms with van der Waals surface area (Å²) in [6.45, 7) is 0.476. The van der Waals surface area contributed by atoms with Crippen LogP contribution in [0.1, 0.15) is 5.69 Å². The first kappa shape index (κ1) is 13.5. The molecule has 0 saturated heterocycles. The highest BCUT2D eigenvalue weighted by Gasteiger charge is 2.09. The van der Waals surface area contributed by atoms with Crippen LogP contribution >= 0.6 is 0 Å². The average Bonchev–Trinajstić information content (AvgIpc) is 2.54. The fourth-order valence-corrected chi connectivity index (χ4v) is 2.44. The van der Waals surface area contributed by atoms with E-state index >= 15 is 0 Å². The van der Waals surface area contributed by atoms with Crippen LogP contribution in [0.5, 0.6) is 5.75 Å². The highest BCUT2D eigenvalue weighted by molar-refractivity contribution is 5.99. The molecule has 0 atom stereocenters. The van der Waals surface area contributed by atoms with Crippen molar-refractivity contribution in [2.24, 2.45) is 0 Å². The van der Waals surface area contributed by atoms with E-state index in [0.29, 0.717) is 6.61 Å². The van der Waals surface area contributed by atoms with Crippen molar-refractivity contribution in [3.63, 3.8) is 0 Å². The molecular weight excluding hydrogens is 264 g/mol. The predicted molar refractivity (Wildman–Crippen MR) is 82.2 cm³/mol. The second-order valence-electron chi connectivity index (χ2n) is 4.69. The fourth-order valence-electron chi connectivity index (χ4n) is 2.44. The SMILES string of the molecule is COCc1cc(-c2ccc(OC)c3ccccc23)ncn1. The van der Waals surface area contributed by atoms with E-state index in [2.05, 4.69) is 22.1 Å². The number of aromatic nitrogens is 2. The summed E-state index contributed by atoms with van der Waals surface area (Å²) in [5.74, 6) is 0.862. The molecule has 0 amide bonds. The van der Waals surface area contributed by atoms with Gasteiger partial charge in [0.05, 0.1) is 25.1 Å². The van der Waals surface area contributed by atoms with Crippen LogP contribution in [0.3, 0.4) is 0 Å². The lowest BCUT2D eigenvalue weighted by molar-refractivity contribution is 0.181. The summed E-state index contributed by atoms with van der Waals surface area (Å²) >= 11 is 0. The second-order valence-corrected chi connectivity index (χ2v) is 4.69. The molecule has 0 saturated carbocycles. The maximum absolute atomic E-state index is 5.43. The Morgan fingerprint density at radius 3 is 2.52 bits per heavy atom. The Bertz CT molecular complexity index is 772. The summed E-state index contributed by atoms with van der Waals surface area (Å²) < 4.78 is 10.6. The first-order valence-corrected chi connectivity index (χ1v) is 6.69. The summed E-state index contributed by atoms with van der Waals surface area (Å²) in [6, 6.07) is 14.1. The van der Waals surface area contributed by atoms with Gasteiger partial charge in [0, 0.05) is 18.1 Å². The Morgan fingerprint density at radius 1 is 0.952 bits per heavy atom. The van der Waals surface area contributed by atoms with Gasteiger partial charge in [-0.25, -0.2) is 9.97 Å². The minimum Gasteiger partial charge on any atom is -0.496 e. The number of hydrogen-bond acceptors (Lipinski definition) is 4. The van der Waals surface area contributed by atoms with Crippen LogP contribution in [-0.4, -0.2) is 24.2 Å². The zero-order valence-corrected chi connectivity index (χ0v) is 12.0. The van der Waals surface area contributed by atoms with Crippen molar-refractivity contribution in [1.29, 1.82) is 0 Å². The molecule has 4 heteroatoms. The normalized spacial score (nSPS) is 10.8. The van der Waals surface area contributed by atoms with Gasteiger partial charge in [0.1, 0.15) is 12.1 Å². The molecule has 3 aromatic rings. The molecule has 3 rings (SSSR count). The van der Waals surface area contributed by atoms with Gasteiger partial charge >= 0.3 is 0 Å². The number of benzene rings is 2. The molecule has 1 heterocycles. The van der Waals surface area contributed by atoms with Crippen LogP contribution in [0.15, 0.2) is 48.8 Å². The first-order chi connectivity index (χ1) is 10.3. The van der Waals surface area contributed by atoms with E-state index in [9.17, 15) is 0 Å². The van der Waals surface area contributed by atoms with E-state index in [4.69, 9.17) is 9.47 Å². The van der Waals surface area contributed by atoms with Crippen LogP contribution in [-0.2, 0) is 11.3 Å². The minimum absolute atomic E-state index is 0.476. The number of methoxy groups -OCH3 is 2. The van der Waals surface area contributed by atoms with Crippen LogP contribution in [0.2, 0.25) is 0 Å². The number of fused-ring (bicyclic) bond motifs is 1. The van der Waals surface area contributed by atoms with E-state index in [-0.39, 0.29) is 0 Å². The molecule has 0 aliphatic heterocycles. The largest absolute Gasteiger partial charge is 0.496 e. The van der Waals surface area contributed by atoms with E-state index in [1.807, 2.05) is 30.3 Å². The van der Waals surface area contributed by atoms with Crippen molar-refractivity contribution in [2.75, 3.05) is 14.2 Å². The van der Waals surface area contributed by atoms with Crippen molar-refractivity contribution in [2.45, 2.75) is 6.61 Å². The standard InChI is InChI=1S/C17H16N2O2/c1-20-10-12-9-16(19-11-18-12)14-7-8-17(21-2)15-6-4-3-5-13(14)15/h3-9,11H,10H2,1-2H3. The average molecular weight is 280 g/mol. The molecule has 1 aromatic heterocycles. The summed E-state index contributed by atoms with van der Waals surface area (Å²) in [6.07, 6.45) is 1.57. The zero-order valence-electron chi connectivity index (χ0n) is 12.0. The topological polar surface area (TPSA) is 44.2 Å². The van der Waals surface area contributed by atoms with Gasteiger partial charge in [0.2, 0.25) is 0 Å². The van der Waals surface area contributed by atoms with E-state index < -0.39 is 0 Å². The summed E-state index contributed by atoms with van der Waals surface area (Å²) in [5.41, 5.74) is 2.81. The Hall–Kier alpha value is -2.46. The highest BCUT2D eigenvalue weighted by Crippen LogP contribution is 2.33. The van der Waals surface area contributed by atoms with E-state index in [1.165, 1.54) is 0 Å². The van der Waals surface area contributed by atoms with Gasteiger partial charge in [0.25, 0.3) is 0 Å². The van der Waals surface area contributed by atoms with Crippen LogP contribution < -0.4 is 4.74 Å². The Morgan fingerprint density at radius 2 is 1.76 bits per heavy atom. The highest BCUT2D eigenvalue weighted by atomic mass is 16.5. The van der Waals surface area contributed by atoms with Crippen molar-refractivity contribution < 1.29 is 9.47 Å². The molecule has 4 nitrogen and oxygen atoms in total. The maximum atomic E-state index is 5.43. The van der Waals surface area contributed by atoms with E-state index in [1.54, 1.807) is 20.5 Å². The van der Waals surface area contributed by atoms with Gasteiger partial charge in [-0.15, -0.1) is 0 Å². The van der Waals surface area contributed by atoms with Gasteiger partial charge in [-0.1, -0.05) is 24.3 Å². The van der Waals surface area contributed by atoms with Gasteiger partial charge < -0.3 is 9.47 Å². The molecule has 21 heavy (non-hydrogen) atoms. The number of hydrogen-bond donors (Lipinski definition) is 0. The molecule has 0 bridgehead atoms. The predicted octanol–water partition coefficient (Wildman–Crippen LogP) is 3.45. The smallest absolute Gasteiger partial charge is 0.126 e. The monoisotopic (exact) mass is 280 g/mol. The lowest BCUT2D eigenvalue weighted by Crippen LogP contribution is -1.95. The Balaban J connectivity index is 2.19. The molecule has 0 aliphatic rings. The third-order valence-corrected chi connectivity index (χ3v) is 3.40. The quantitative estimate of drug-likeness (QED) is 0.734. The van der Waals surface area contributed by atoms with E-state index in [0.717, 1.165) is 33.5 Å². The zero-order chi connectivity index (χ0) is 14.7. The lowest BCUT2D eigenvalue weighted by Gasteiger charge is -2.10. The first-order valence-electron chi connectivity index (χ1n) is 6.69. The second kappa shape index (κ2) is 5.89. The fraction of sp³-hybridized carbons (Fsp3) is 0.176. The summed E-state index contributed by atoms with van der Waals surface area (Å²) in [7, 11) is 3.34. The lowest BCUT2D eigenvalue weighted by atomic mass is 10.0. The number of nitrogens with zero attached hydrogens (tertiary/aromatic N) is 2. The van der Waals surface area contributed by atoms with Gasteiger partial charge in [-0.05, 0) is 23.6 Å². The van der Waals surface area contributed by atoms with Crippen molar-refractivity contribution in [1.82, 2.24) is 9.97 Å².